The predicted octanol–water partition coefficient (Wildman–Crippen LogP) is 0.569. The average Bonchev–Trinajstić information content (AvgIpc) is 1.41. The summed E-state index contributed by atoms with van der Waals surface area (Å²) in [5.41, 5.74) is 0. The van der Waals surface area contributed by atoms with Crippen molar-refractivity contribution in [3.8, 4) is 0 Å². The summed E-state index contributed by atoms with van der Waals surface area (Å²) in [6.07, 6.45) is 1.86. The Morgan fingerprint density at radius 3 is 2.00 bits per heavy atom. The van der Waals surface area contributed by atoms with Gasteiger partial charge in [0.1, 0.15) is 0 Å². The molecule has 33 valence electrons. The Labute approximate surface area is 61.0 Å². The van der Waals surface area contributed by atoms with E-state index in [1.807, 2.05) is 6.92 Å². The molecule has 0 spiro atoms. The molecule has 0 aliphatic rings. The first-order valence-corrected chi connectivity index (χ1v) is 2.00. The Kier molecular flexibility index (Phi) is 15.7. The monoisotopic (exact) mass is 97.1 g/mol. The summed E-state index contributed by atoms with van der Waals surface area (Å²) in [5.74, 6) is 0. The minimum atomic E-state index is 0. The fraction of sp³-hybridized carbons (Fsp3) is 1.00. The van der Waals surface area contributed by atoms with Crippen LogP contribution in [0.5, 0.6) is 0 Å². The van der Waals surface area contributed by atoms with Crippen molar-refractivity contribution in [1.82, 2.24) is 0 Å². The molecule has 0 saturated carbocycles. The van der Waals surface area contributed by atoms with Gasteiger partial charge in [-0.3, -0.25) is 0 Å². The van der Waals surface area contributed by atoms with Gasteiger partial charge in [-0.2, -0.15) is 0 Å². The first-order valence-electron chi connectivity index (χ1n) is 2.00. The van der Waals surface area contributed by atoms with Crippen LogP contribution in [0.3, 0.4) is 0 Å². The van der Waals surface area contributed by atoms with E-state index in [2.05, 4.69) is 0 Å². The summed E-state index contributed by atoms with van der Waals surface area (Å²) in [5, 5.41) is 9.53. The number of unbranched alkanes of at least 4 members (excludes halogenated alkanes) is 1. The molecule has 0 atom stereocenters. The van der Waals surface area contributed by atoms with Crippen LogP contribution in [-0.4, -0.2) is 36.2 Å². The summed E-state index contributed by atoms with van der Waals surface area (Å²) < 4.78 is 0. The van der Waals surface area contributed by atoms with Crippen molar-refractivity contribution in [2.24, 2.45) is 0 Å². The normalized spacial score (nSPS) is 7.00. The molecule has 0 aromatic carbocycles. The van der Waals surface area contributed by atoms with Crippen molar-refractivity contribution in [3.05, 3.63) is 0 Å². The maximum atomic E-state index is 9.53. The van der Waals surface area contributed by atoms with Crippen LogP contribution in [0.4, 0.5) is 0 Å². The SMILES string of the molecule is CCCC[O].[NaH]. The van der Waals surface area contributed by atoms with Gasteiger partial charge in [0.15, 0.2) is 0 Å². The molecule has 2 heteroatoms. The van der Waals surface area contributed by atoms with E-state index >= 15 is 0 Å². The Bertz CT molecular complexity index is 15.0. The molecule has 0 aliphatic heterocycles. The second kappa shape index (κ2) is 9.35. The molecule has 0 saturated heterocycles. The zero-order valence-electron chi connectivity index (χ0n) is 3.53. The average molecular weight is 97.1 g/mol. The van der Waals surface area contributed by atoms with E-state index in [-0.39, 0.29) is 36.2 Å². The van der Waals surface area contributed by atoms with Crippen LogP contribution in [0.15, 0.2) is 0 Å². The van der Waals surface area contributed by atoms with Gasteiger partial charge >= 0.3 is 29.6 Å². The van der Waals surface area contributed by atoms with Gasteiger partial charge in [0.2, 0.25) is 0 Å². The molecular weight excluding hydrogens is 87.0 g/mol. The fourth-order valence-electron chi connectivity index (χ4n) is 0.144. The molecular formula is C4H10NaO. The molecule has 0 rings (SSSR count). The van der Waals surface area contributed by atoms with Gasteiger partial charge < -0.3 is 0 Å². The van der Waals surface area contributed by atoms with Crippen molar-refractivity contribution in [2.45, 2.75) is 19.8 Å². The first-order chi connectivity index (χ1) is 2.41. The summed E-state index contributed by atoms with van der Waals surface area (Å²) >= 11 is 0. The van der Waals surface area contributed by atoms with Crippen molar-refractivity contribution >= 4 is 29.6 Å². The van der Waals surface area contributed by atoms with E-state index < -0.39 is 0 Å². The molecule has 0 fully saturated rings. The maximum absolute atomic E-state index is 9.53. The molecule has 0 heterocycles. The molecule has 6 heavy (non-hydrogen) atoms. The topological polar surface area (TPSA) is 19.9 Å². The third kappa shape index (κ3) is 8.88. The second-order valence-electron chi connectivity index (χ2n) is 1.06. The summed E-state index contributed by atoms with van der Waals surface area (Å²) in [6.45, 7) is 2.11. The van der Waals surface area contributed by atoms with Crippen LogP contribution < -0.4 is 0 Å². The van der Waals surface area contributed by atoms with Gasteiger partial charge in [-0.05, 0) is 6.42 Å². The van der Waals surface area contributed by atoms with Crippen LogP contribution in [-0.2, 0) is 5.11 Å². The summed E-state index contributed by atoms with van der Waals surface area (Å²) in [7, 11) is 0. The number of hydrogen-bond acceptors (Lipinski definition) is 0. The van der Waals surface area contributed by atoms with E-state index in [1.165, 1.54) is 0 Å². The quantitative estimate of drug-likeness (QED) is 0.449. The standard InChI is InChI=1S/C4H9O.Na.H/c1-2-3-4-5;;/h2-4H2,1H3;;. The molecule has 0 N–H and O–H groups in total. The number of hydrogen-bond donors (Lipinski definition) is 0. The van der Waals surface area contributed by atoms with Gasteiger partial charge in [0.05, 0.1) is 6.61 Å². The van der Waals surface area contributed by atoms with Gasteiger partial charge in [0.25, 0.3) is 0 Å². The van der Waals surface area contributed by atoms with Crippen LogP contribution in [0, 0.1) is 0 Å². The molecule has 1 radical (unpaired) electrons. The van der Waals surface area contributed by atoms with Crippen LogP contribution in [0.25, 0.3) is 0 Å². The third-order valence-electron chi connectivity index (χ3n) is 0.498. The van der Waals surface area contributed by atoms with Crippen LogP contribution in [0.1, 0.15) is 19.8 Å². The zero-order chi connectivity index (χ0) is 4.12. The second-order valence-corrected chi connectivity index (χ2v) is 1.06. The first kappa shape index (κ1) is 10.0. The van der Waals surface area contributed by atoms with Gasteiger partial charge in [0, 0.05) is 0 Å². The molecule has 1 nitrogen and oxygen atoms in total. The Morgan fingerprint density at radius 2 is 2.00 bits per heavy atom. The van der Waals surface area contributed by atoms with Gasteiger partial charge in [-0.15, -0.1) is 0 Å². The van der Waals surface area contributed by atoms with E-state index in [0.717, 1.165) is 12.8 Å². The van der Waals surface area contributed by atoms with Gasteiger partial charge in [-0.1, -0.05) is 13.3 Å². The van der Waals surface area contributed by atoms with Gasteiger partial charge in [-0.25, -0.2) is 5.11 Å². The molecule has 0 unspecified atom stereocenters. The van der Waals surface area contributed by atoms with E-state index in [1.54, 1.807) is 0 Å². The number of rotatable bonds is 2. The molecule has 0 aromatic heterocycles. The van der Waals surface area contributed by atoms with Crippen molar-refractivity contribution in [1.29, 1.82) is 0 Å². The minimum absolute atomic E-state index is 0. The van der Waals surface area contributed by atoms with E-state index in [4.69, 9.17) is 0 Å². The predicted molar refractivity (Wildman–Crippen MR) is 27.6 cm³/mol. The molecule has 0 bridgehead atoms. The van der Waals surface area contributed by atoms with Crippen LogP contribution in [0.2, 0.25) is 0 Å². The summed E-state index contributed by atoms with van der Waals surface area (Å²) in [6, 6.07) is 0. The Balaban J connectivity index is 0. The fourth-order valence-corrected chi connectivity index (χ4v) is 0.144. The van der Waals surface area contributed by atoms with E-state index in [9.17, 15) is 5.11 Å². The van der Waals surface area contributed by atoms with Crippen molar-refractivity contribution < 1.29 is 5.11 Å². The molecule has 0 aromatic rings. The Hall–Kier alpha value is 0.960. The zero-order valence-corrected chi connectivity index (χ0v) is 3.53. The molecule has 0 amide bonds. The van der Waals surface area contributed by atoms with E-state index in [0.29, 0.717) is 0 Å². The molecule has 0 aliphatic carbocycles. The summed E-state index contributed by atoms with van der Waals surface area (Å²) in [4.78, 5) is 0. The van der Waals surface area contributed by atoms with Crippen LogP contribution >= 0.6 is 0 Å². The van der Waals surface area contributed by atoms with Crippen molar-refractivity contribution in [2.75, 3.05) is 6.61 Å². The third-order valence-corrected chi connectivity index (χ3v) is 0.498. The van der Waals surface area contributed by atoms with Crippen molar-refractivity contribution in [3.63, 3.8) is 0 Å². The Morgan fingerprint density at radius 1 is 1.50 bits per heavy atom.